The maximum absolute atomic E-state index is 12.2. The zero-order chi connectivity index (χ0) is 19.5. The van der Waals surface area contributed by atoms with Crippen molar-refractivity contribution in [1.29, 1.82) is 0 Å². The van der Waals surface area contributed by atoms with E-state index in [9.17, 15) is 9.59 Å². The number of thioether (sulfide) groups is 1. The summed E-state index contributed by atoms with van der Waals surface area (Å²) in [4.78, 5) is 28.9. The minimum Gasteiger partial charge on any atom is -0.465 e. The van der Waals surface area contributed by atoms with Gasteiger partial charge >= 0.3 is 5.97 Å². The van der Waals surface area contributed by atoms with Crippen LogP contribution in [-0.2, 0) is 9.53 Å². The molecule has 4 rings (SSSR count). The fraction of sp³-hybridized carbons (Fsp3) is 0.286. The van der Waals surface area contributed by atoms with E-state index in [2.05, 4.69) is 10.3 Å². The number of hydrogen-bond donors (Lipinski definition) is 1. The highest BCUT2D eigenvalue weighted by atomic mass is 32.2. The van der Waals surface area contributed by atoms with Crippen LogP contribution in [0.4, 0.5) is 0 Å². The number of furan rings is 1. The van der Waals surface area contributed by atoms with Crippen LogP contribution in [0.2, 0.25) is 0 Å². The van der Waals surface area contributed by atoms with Crippen molar-refractivity contribution >= 4 is 34.9 Å². The molecule has 0 radical (unpaired) electrons. The van der Waals surface area contributed by atoms with Gasteiger partial charge in [-0.25, -0.2) is 4.79 Å². The molecule has 1 aromatic heterocycles. The van der Waals surface area contributed by atoms with E-state index >= 15 is 0 Å². The number of nitrogens with one attached hydrogen (secondary N) is 1. The van der Waals surface area contributed by atoms with Crippen molar-refractivity contribution < 1.29 is 18.7 Å². The van der Waals surface area contributed by atoms with Gasteiger partial charge in [0.2, 0.25) is 0 Å². The Balaban J connectivity index is 1.48. The first-order valence-corrected chi connectivity index (χ1v) is 10.0. The van der Waals surface area contributed by atoms with E-state index in [0.717, 1.165) is 18.4 Å². The summed E-state index contributed by atoms with van der Waals surface area (Å²) >= 11 is 1.35. The Labute approximate surface area is 167 Å². The van der Waals surface area contributed by atoms with Gasteiger partial charge in [-0.1, -0.05) is 25.0 Å². The molecule has 1 aliphatic heterocycles. The molecule has 6 nitrogen and oxygen atoms in total. The van der Waals surface area contributed by atoms with E-state index in [1.54, 1.807) is 30.3 Å². The fourth-order valence-electron chi connectivity index (χ4n) is 3.29. The Morgan fingerprint density at radius 3 is 2.68 bits per heavy atom. The third kappa shape index (κ3) is 4.04. The molecule has 0 spiro atoms. The lowest BCUT2D eigenvalue weighted by Gasteiger charge is -2.02. The Bertz CT molecular complexity index is 953. The van der Waals surface area contributed by atoms with Gasteiger partial charge in [-0.05, 0) is 48.9 Å². The van der Waals surface area contributed by atoms with Gasteiger partial charge in [0.15, 0.2) is 5.17 Å². The van der Waals surface area contributed by atoms with Crippen molar-refractivity contribution in [1.82, 2.24) is 5.32 Å². The minimum absolute atomic E-state index is 0.151. The smallest absolute Gasteiger partial charge is 0.337 e. The molecular weight excluding hydrogens is 376 g/mol. The first kappa shape index (κ1) is 18.6. The lowest BCUT2D eigenvalue weighted by molar-refractivity contribution is -0.115. The Kier molecular flexibility index (Phi) is 5.34. The van der Waals surface area contributed by atoms with Gasteiger partial charge < -0.3 is 14.5 Å². The van der Waals surface area contributed by atoms with Gasteiger partial charge in [-0.3, -0.25) is 9.79 Å². The summed E-state index contributed by atoms with van der Waals surface area (Å²) in [6.07, 6.45) is 6.32. The molecule has 1 saturated carbocycles. The predicted octanol–water partition coefficient (Wildman–Crippen LogP) is 4.24. The quantitative estimate of drug-likeness (QED) is 0.618. The number of methoxy groups -OCH3 is 1. The van der Waals surface area contributed by atoms with Crippen LogP contribution in [0, 0.1) is 0 Å². The molecule has 7 heteroatoms. The second kappa shape index (κ2) is 8.06. The van der Waals surface area contributed by atoms with E-state index in [-0.39, 0.29) is 11.9 Å². The molecule has 0 bridgehead atoms. The predicted molar refractivity (Wildman–Crippen MR) is 109 cm³/mol. The highest BCUT2D eigenvalue weighted by Crippen LogP contribution is 2.30. The molecule has 1 N–H and O–H groups in total. The van der Waals surface area contributed by atoms with Crippen molar-refractivity contribution in [2.75, 3.05) is 7.11 Å². The molecule has 144 valence electrons. The number of rotatable bonds is 4. The average molecular weight is 396 g/mol. The Morgan fingerprint density at radius 1 is 1.21 bits per heavy atom. The Hall–Kier alpha value is -2.80. The zero-order valence-electron chi connectivity index (χ0n) is 15.4. The molecule has 2 aromatic rings. The largest absolute Gasteiger partial charge is 0.465 e. The van der Waals surface area contributed by atoms with Crippen molar-refractivity contribution in [3.8, 4) is 11.3 Å². The molecule has 0 unspecified atom stereocenters. The number of amidine groups is 1. The summed E-state index contributed by atoms with van der Waals surface area (Å²) < 4.78 is 10.6. The van der Waals surface area contributed by atoms with Crippen molar-refractivity contribution in [2.24, 2.45) is 4.99 Å². The third-order valence-corrected chi connectivity index (χ3v) is 5.69. The van der Waals surface area contributed by atoms with Crippen LogP contribution < -0.4 is 5.32 Å². The van der Waals surface area contributed by atoms with Gasteiger partial charge in [0.25, 0.3) is 5.91 Å². The van der Waals surface area contributed by atoms with Crippen LogP contribution >= 0.6 is 11.8 Å². The van der Waals surface area contributed by atoms with Crippen LogP contribution in [0.5, 0.6) is 0 Å². The lowest BCUT2D eigenvalue weighted by Crippen LogP contribution is -2.21. The maximum atomic E-state index is 12.2. The monoisotopic (exact) mass is 396 g/mol. The van der Waals surface area contributed by atoms with E-state index in [4.69, 9.17) is 9.15 Å². The summed E-state index contributed by atoms with van der Waals surface area (Å²) in [6, 6.07) is 10.9. The van der Waals surface area contributed by atoms with Crippen LogP contribution in [0.15, 0.2) is 50.7 Å². The first-order chi connectivity index (χ1) is 13.6. The number of ether oxygens (including phenoxy) is 1. The van der Waals surface area contributed by atoms with Crippen molar-refractivity contribution in [2.45, 2.75) is 31.7 Å². The number of aliphatic imine (C=N–C) groups is 1. The topological polar surface area (TPSA) is 80.9 Å². The summed E-state index contributed by atoms with van der Waals surface area (Å²) in [5.74, 6) is 0.719. The van der Waals surface area contributed by atoms with E-state index in [1.165, 1.54) is 31.7 Å². The molecule has 0 atom stereocenters. The second-order valence-electron chi connectivity index (χ2n) is 6.71. The molecular formula is C21H20N2O4S. The second-order valence-corrected chi connectivity index (χ2v) is 7.74. The summed E-state index contributed by atoms with van der Waals surface area (Å²) in [5, 5.41) is 3.51. The zero-order valence-corrected chi connectivity index (χ0v) is 16.3. The molecule has 1 saturated heterocycles. The highest BCUT2D eigenvalue weighted by molar-refractivity contribution is 8.18. The van der Waals surface area contributed by atoms with Crippen molar-refractivity contribution in [3.05, 3.63) is 52.6 Å². The Morgan fingerprint density at radius 2 is 1.96 bits per heavy atom. The lowest BCUT2D eigenvalue weighted by atomic mass is 10.1. The minimum atomic E-state index is -0.379. The summed E-state index contributed by atoms with van der Waals surface area (Å²) in [6.45, 7) is 0. The summed E-state index contributed by atoms with van der Waals surface area (Å²) in [5.41, 5.74) is 1.32. The van der Waals surface area contributed by atoms with Gasteiger partial charge in [0.05, 0.1) is 23.6 Å². The molecule has 1 aliphatic carbocycles. The maximum Gasteiger partial charge on any atom is 0.337 e. The van der Waals surface area contributed by atoms with Gasteiger partial charge in [-0.15, -0.1) is 0 Å². The normalized spacial score (nSPS) is 20.1. The summed E-state index contributed by atoms with van der Waals surface area (Å²) in [7, 11) is 1.35. The van der Waals surface area contributed by atoms with Gasteiger partial charge in [-0.2, -0.15) is 0 Å². The number of carbonyl (C=O) groups is 2. The number of carbonyl (C=O) groups excluding carboxylic acids is 2. The number of benzene rings is 1. The number of hydrogen-bond acceptors (Lipinski definition) is 6. The van der Waals surface area contributed by atoms with Crippen LogP contribution in [0.1, 0.15) is 41.8 Å². The highest BCUT2D eigenvalue weighted by Gasteiger charge is 2.26. The van der Waals surface area contributed by atoms with Gasteiger partial charge in [0, 0.05) is 11.6 Å². The number of esters is 1. The molecule has 2 heterocycles. The van der Waals surface area contributed by atoms with Crippen molar-refractivity contribution in [3.63, 3.8) is 0 Å². The first-order valence-electron chi connectivity index (χ1n) is 9.19. The van der Waals surface area contributed by atoms with E-state index < -0.39 is 0 Å². The van der Waals surface area contributed by atoms with Crippen LogP contribution in [-0.4, -0.2) is 30.2 Å². The molecule has 2 fully saturated rings. The van der Waals surface area contributed by atoms with Crippen LogP contribution in [0.3, 0.4) is 0 Å². The van der Waals surface area contributed by atoms with Crippen LogP contribution in [0.25, 0.3) is 17.4 Å². The van der Waals surface area contributed by atoms with E-state index in [0.29, 0.717) is 33.2 Å². The van der Waals surface area contributed by atoms with Gasteiger partial charge in [0.1, 0.15) is 11.5 Å². The number of amides is 1. The third-order valence-electron chi connectivity index (χ3n) is 4.77. The SMILES string of the molecule is COC(=O)c1ccc(-c2ccc(/C=C3/SC(=NC4CCCC4)NC3=O)o2)cc1. The average Bonchev–Trinajstić information content (AvgIpc) is 3.45. The number of nitrogens with zero attached hydrogens (tertiary/aromatic N) is 1. The molecule has 28 heavy (non-hydrogen) atoms. The fourth-order valence-corrected chi connectivity index (χ4v) is 4.16. The van der Waals surface area contributed by atoms with E-state index in [1.807, 2.05) is 12.1 Å². The standard InChI is InChI=1S/C21H20N2O4S/c1-26-20(25)14-8-6-13(7-9-14)17-11-10-16(27-17)12-18-19(24)23-21(28-18)22-15-4-2-3-5-15/h6-12,15H,2-5H2,1H3,(H,22,23,24)/b18-12+. The molecule has 1 amide bonds. The molecule has 2 aliphatic rings. The molecule has 1 aromatic carbocycles.